The van der Waals surface area contributed by atoms with Crippen LogP contribution in [0.2, 0.25) is 0 Å². The van der Waals surface area contributed by atoms with Gasteiger partial charge in [0, 0.05) is 17.3 Å². The summed E-state index contributed by atoms with van der Waals surface area (Å²) in [4.78, 5) is 2.53. The van der Waals surface area contributed by atoms with Crippen LogP contribution in [0.25, 0.3) is 39.1 Å². The SMILES string of the molecule is CC1C=Cc2c(c(-c3ccc(-c4ccc5c(c4)C4C=C(C(C)(C)C)C=C[C@@H]4N5c4ccccc4)cc3)cc3ccccc23)C1. The average molecular weight is 570 g/mol. The summed E-state index contributed by atoms with van der Waals surface area (Å²) in [5, 5.41) is 2.66. The van der Waals surface area contributed by atoms with Gasteiger partial charge in [-0.15, -0.1) is 0 Å². The molecule has 0 saturated carbocycles. The van der Waals surface area contributed by atoms with Gasteiger partial charge in [0.25, 0.3) is 0 Å². The van der Waals surface area contributed by atoms with Crippen molar-refractivity contribution in [2.75, 3.05) is 4.90 Å². The first kappa shape index (κ1) is 27.0. The highest BCUT2D eigenvalue weighted by Gasteiger charge is 2.39. The molecule has 2 unspecified atom stereocenters. The molecule has 0 aromatic heterocycles. The van der Waals surface area contributed by atoms with Crippen LogP contribution in [-0.2, 0) is 6.42 Å². The predicted octanol–water partition coefficient (Wildman–Crippen LogP) is 11.5. The Morgan fingerprint density at radius 3 is 2.23 bits per heavy atom. The number of fused-ring (bicyclic) bond motifs is 6. The summed E-state index contributed by atoms with van der Waals surface area (Å²) in [6.07, 6.45) is 13.1. The maximum Gasteiger partial charge on any atom is 0.0629 e. The van der Waals surface area contributed by atoms with Gasteiger partial charge in [-0.3, -0.25) is 0 Å². The fourth-order valence-corrected chi connectivity index (χ4v) is 7.55. The number of benzene rings is 5. The largest absolute Gasteiger partial charge is 0.333 e. The van der Waals surface area contributed by atoms with Gasteiger partial charge >= 0.3 is 0 Å². The van der Waals surface area contributed by atoms with Crippen LogP contribution in [-0.4, -0.2) is 6.04 Å². The second kappa shape index (κ2) is 10.2. The van der Waals surface area contributed by atoms with E-state index in [0.29, 0.717) is 11.8 Å². The molecule has 2 aliphatic carbocycles. The van der Waals surface area contributed by atoms with Gasteiger partial charge in [-0.2, -0.15) is 0 Å². The molecule has 3 aliphatic rings. The summed E-state index contributed by atoms with van der Waals surface area (Å²) in [6, 6.07) is 38.8. The summed E-state index contributed by atoms with van der Waals surface area (Å²) in [5.41, 5.74) is 13.6. The van der Waals surface area contributed by atoms with Gasteiger partial charge in [0.05, 0.1) is 6.04 Å². The summed E-state index contributed by atoms with van der Waals surface area (Å²) in [5.74, 6) is 0.873. The molecule has 0 bridgehead atoms. The number of anilines is 2. The molecule has 0 amide bonds. The zero-order chi connectivity index (χ0) is 30.0. The van der Waals surface area contributed by atoms with Gasteiger partial charge in [-0.05, 0) is 103 Å². The van der Waals surface area contributed by atoms with Crippen LogP contribution in [0.4, 0.5) is 11.4 Å². The van der Waals surface area contributed by atoms with Crippen LogP contribution in [0.3, 0.4) is 0 Å². The van der Waals surface area contributed by atoms with Crippen molar-refractivity contribution in [3.05, 3.63) is 150 Å². The highest BCUT2D eigenvalue weighted by Crippen LogP contribution is 2.51. The number of para-hydroxylation sites is 1. The standard InChI is InChI=1S/C43H39N/c1-28-14-21-36-35-13-9-8-10-32(35)26-37(38(36)24-28)30-17-15-29(16-18-30)31-19-22-41-39(25-31)40-27-33(43(2,3)4)20-23-42(40)44(41)34-11-6-5-7-12-34/h5-23,25-28,40,42H,24H2,1-4H3/t28?,40?,42-/m0/s1. The van der Waals surface area contributed by atoms with Gasteiger partial charge in [-0.25, -0.2) is 0 Å². The van der Waals surface area contributed by atoms with Crippen molar-refractivity contribution in [2.24, 2.45) is 11.3 Å². The molecular formula is C43H39N. The molecule has 5 aromatic rings. The van der Waals surface area contributed by atoms with E-state index in [1.807, 2.05) is 0 Å². The van der Waals surface area contributed by atoms with E-state index in [-0.39, 0.29) is 11.5 Å². The molecule has 0 radical (unpaired) electrons. The van der Waals surface area contributed by atoms with E-state index in [9.17, 15) is 0 Å². The number of hydrogen-bond acceptors (Lipinski definition) is 1. The Bertz CT molecular complexity index is 1980. The number of hydrogen-bond donors (Lipinski definition) is 0. The normalized spacial score (nSPS) is 20.3. The fraction of sp³-hybridized carbons (Fsp3) is 0.209. The lowest BCUT2D eigenvalue weighted by molar-refractivity contribution is 0.507. The molecule has 0 spiro atoms. The van der Waals surface area contributed by atoms with Crippen molar-refractivity contribution < 1.29 is 0 Å². The number of rotatable bonds is 3. The highest BCUT2D eigenvalue weighted by molar-refractivity contribution is 5.97. The third kappa shape index (κ3) is 4.46. The minimum absolute atomic E-state index is 0.116. The van der Waals surface area contributed by atoms with Crippen LogP contribution in [0.1, 0.15) is 50.3 Å². The lowest BCUT2D eigenvalue weighted by Gasteiger charge is -2.32. The van der Waals surface area contributed by atoms with Crippen molar-refractivity contribution in [2.45, 2.75) is 46.1 Å². The molecular weight excluding hydrogens is 530 g/mol. The zero-order valence-corrected chi connectivity index (χ0v) is 26.1. The topological polar surface area (TPSA) is 3.24 Å². The van der Waals surface area contributed by atoms with Crippen LogP contribution in [0.5, 0.6) is 0 Å². The van der Waals surface area contributed by atoms with Crippen LogP contribution in [0, 0.1) is 11.3 Å². The van der Waals surface area contributed by atoms with Crippen molar-refractivity contribution in [3.8, 4) is 22.3 Å². The third-order valence-corrected chi connectivity index (χ3v) is 9.89. The molecule has 3 atom stereocenters. The van der Waals surface area contributed by atoms with Crippen molar-refractivity contribution >= 4 is 28.2 Å². The Hall–Kier alpha value is -4.62. The monoisotopic (exact) mass is 569 g/mol. The molecule has 5 aromatic carbocycles. The van der Waals surface area contributed by atoms with Crippen LogP contribution in [0.15, 0.2) is 133 Å². The quantitative estimate of drug-likeness (QED) is 0.209. The smallest absolute Gasteiger partial charge is 0.0629 e. The second-order valence-corrected chi connectivity index (χ2v) is 13.9. The van der Waals surface area contributed by atoms with E-state index in [1.165, 1.54) is 66.7 Å². The number of nitrogens with zero attached hydrogens (tertiary/aromatic N) is 1. The summed E-state index contributed by atoms with van der Waals surface area (Å²) in [7, 11) is 0. The Labute approximate surface area is 261 Å². The first-order chi connectivity index (χ1) is 21.3. The zero-order valence-electron chi connectivity index (χ0n) is 26.1. The Balaban J connectivity index is 1.20. The first-order valence-corrected chi connectivity index (χ1v) is 16.1. The molecule has 0 fully saturated rings. The lowest BCUT2D eigenvalue weighted by Crippen LogP contribution is -2.30. The van der Waals surface area contributed by atoms with Gasteiger partial charge in [0.2, 0.25) is 0 Å². The highest BCUT2D eigenvalue weighted by atomic mass is 15.2. The van der Waals surface area contributed by atoms with Gasteiger partial charge < -0.3 is 4.90 Å². The van der Waals surface area contributed by atoms with E-state index in [2.05, 4.69) is 166 Å². The lowest BCUT2D eigenvalue weighted by atomic mass is 9.78. The summed E-state index contributed by atoms with van der Waals surface area (Å²) in [6.45, 7) is 9.27. The van der Waals surface area contributed by atoms with E-state index < -0.39 is 0 Å². The molecule has 1 heterocycles. The molecule has 44 heavy (non-hydrogen) atoms. The predicted molar refractivity (Wildman–Crippen MR) is 189 cm³/mol. The van der Waals surface area contributed by atoms with Crippen LogP contribution >= 0.6 is 0 Å². The van der Waals surface area contributed by atoms with Gasteiger partial charge in [-0.1, -0.05) is 131 Å². The van der Waals surface area contributed by atoms with E-state index in [1.54, 1.807) is 0 Å². The molecule has 1 heteroatoms. The second-order valence-electron chi connectivity index (χ2n) is 13.9. The maximum atomic E-state index is 2.53. The van der Waals surface area contributed by atoms with Gasteiger partial charge in [0.15, 0.2) is 0 Å². The molecule has 0 saturated heterocycles. The molecule has 1 aliphatic heterocycles. The maximum absolute atomic E-state index is 2.53. The van der Waals surface area contributed by atoms with Crippen LogP contribution < -0.4 is 4.90 Å². The molecule has 8 rings (SSSR count). The van der Waals surface area contributed by atoms with Gasteiger partial charge in [0.1, 0.15) is 0 Å². The first-order valence-electron chi connectivity index (χ1n) is 16.1. The van der Waals surface area contributed by atoms with E-state index >= 15 is 0 Å². The fourth-order valence-electron chi connectivity index (χ4n) is 7.55. The Morgan fingerprint density at radius 2 is 1.43 bits per heavy atom. The average Bonchev–Trinajstić information content (AvgIpc) is 3.37. The van der Waals surface area contributed by atoms with Crippen molar-refractivity contribution in [1.29, 1.82) is 0 Å². The van der Waals surface area contributed by atoms with E-state index in [0.717, 1.165) is 6.42 Å². The third-order valence-electron chi connectivity index (χ3n) is 9.89. The minimum Gasteiger partial charge on any atom is -0.333 e. The molecule has 1 nitrogen and oxygen atoms in total. The minimum atomic E-state index is 0.116. The summed E-state index contributed by atoms with van der Waals surface area (Å²) < 4.78 is 0. The summed E-state index contributed by atoms with van der Waals surface area (Å²) >= 11 is 0. The van der Waals surface area contributed by atoms with E-state index in [4.69, 9.17) is 0 Å². The van der Waals surface area contributed by atoms with Crippen molar-refractivity contribution in [3.63, 3.8) is 0 Å². The molecule has 0 N–H and O–H groups in total. The molecule has 216 valence electrons. The number of allylic oxidation sites excluding steroid dienone is 3. The van der Waals surface area contributed by atoms with Crippen molar-refractivity contribution in [1.82, 2.24) is 0 Å². The Morgan fingerprint density at radius 1 is 0.705 bits per heavy atom. The Kier molecular flexibility index (Phi) is 6.27.